The Morgan fingerprint density at radius 3 is 2.63 bits per heavy atom. The molecule has 0 aliphatic carbocycles. The molecule has 0 saturated carbocycles. The normalized spacial score (nSPS) is 10.9. The van der Waals surface area contributed by atoms with Gasteiger partial charge in [-0.25, -0.2) is 4.98 Å². The first-order chi connectivity index (χ1) is 9.19. The van der Waals surface area contributed by atoms with E-state index >= 15 is 0 Å². The lowest BCUT2D eigenvalue weighted by Crippen LogP contribution is -2.25. The zero-order chi connectivity index (χ0) is 13.7. The number of aromatic nitrogens is 1. The maximum atomic E-state index is 12.1. The number of likely N-dealkylation sites (N-methyl/N-ethyl adjacent to an activating group) is 1. The second kappa shape index (κ2) is 6.59. The number of carbonyl (C=O) groups excluding carboxylic acids is 1. The van der Waals surface area contributed by atoms with Crippen LogP contribution in [-0.2, 0) is 13.0 Å². The fourth-order valence-corrected chi connectivity index (χ4v) is 2.46. The van der Waals surface area contributed by atoms with Gasteiger partial charge in [0.25, 0.3) is 0 Å². The zero-order valence-corrected chi connectivity index (χ0v) is 12.1. The highest BCUT2D eigenvalue weighted by molar-refractivity contribution is 7.07. The van der Waals surface area contributed by atoms with Crippen molar-refractivity contribution in [3.8, 4) is 0 Å². The van der Waals surface area contributed by atoms with Crippen molar-refractivity contribution in [1.29, 1.82) is 0 Å². The molecule has 2 aromatic rings. The van der Waals surface area contributed by atoms with Gasteiger partial charge in [0.05, 0.1) is 17.7 Å². The summed E-state index contributed by atoms with van der Waals surface area (Å²) in [5.41, 5.74) is 4.87. The predicted octanol–water partition coefficient (Wildman–Crippen LogP) is 3.02. The number of Topliss-reactive ketones (excluding diaryl/α,β-unsaturated/α-hetero) is 1. The van der Waals surface area contributed by atoms with E-state index < -0.39 is 0 Å². The van der Waals surface area contributed by atoms with Crippen molar-refractivity contribution in [2.45, 2.75) is 19.9 Å². The van der Waals surface area contributed by atoms with Gasteiger partial charge in [-0.1, -0.05) is 31.2 Å². The lowest BCUT2D eigenvalue weighted by atomic mass is 10.1. The molecule has 0 bridgehead atoms. The molecule has 0 aliphatic rings. The topological polar surface area (TPSA) is 33.2 Å². The molecule has 0 amide bonds. The van der Waals surface area contributed by atoms with Crippen LogP contribution in [0.15, 0.2) is 35.2 Å². The Kier molecular flexibility index (Phi) is 4.82. The highest BCUT2D eigenvalue weighted by Gasteiger charge is 2.10. The van der Waals surface area contributed by atoms with Crippen molar-refractivity contribution in [2.24, 2.45) is 0 Å². The van der Waals surface area contributed by atoms with Gasteiger partial charge in [-0.15, -0.1) is 11.3 Å². The third kappa shape index (κ3) is 3.98. The standard InChI is InChI=1S/C15H18N2OS/c1-3-12-4-6-13(7-5-12)15(18)9-17(2)8-14-10-19-11-16-14/h4-7,10-11H,3,8-9H2,1-2H3. The fraction of sp³-hybridized carbons (Fsp3) is 0.333. The molecule has 0 atom stereocenters. The van der Waals surface area contributed by atoms with Gasteiger partial charge in [-0.2, -0.15) is 0 Å². The largest absolute Gasteiger partial charge is 0.293 e. The molecule has 19 heavy (non-hydrogen) atoms. The Balaban J connectivity index is 1.92. The summed E-state index contributed by atoms with van der Waals surface area (Å²) in [4.78, 5) is 18.3. The van der Waals surface area contributed by atoms with Crippen LogP contribution < -0.4 is 0 Å². The quantitative estimate of drug-likeness (QED) is 0.759. The molecule has 3 nitrogen and oxygen atoms in total. The number of nitrogens with zero attached hydrogens (tertiary/aromatic N) is 2. The average Bonchev–Trinajstić information content (AvgIpc) is 2.91. The summed E-state index contributed by atoms with van der Waals surface area (Å²) >= 11 is 1.58. The van der Waals surface area contributed by atoms with Crippen molar-refractivity contribution >= 4 is 17.1 Å². The second-order valence-electron chi connectivity index (χ2n) is 4.63. The molecule has 0 N–H and O–H groups in total. The van der Waals surface area contributed by atoms with E-state index in [1.54, 1.807) is 11.3 Å². The van der Waals surface area contributed by atoms with Crippen LogP contribution in [0.25, 0.3) is 0 Å². The van der Waals surface area contributed by atoms with E-state index in [0.717, 1.165) is 17.7 Å². The van der Waals surface area contributed by atoms with E-state index in [1.165, 1.54) is 5.56 Å². The van der Waals surface area contributed by atoms with E-state index in [1.807, 2.05) is 47.1 Å². The maximum absolute atomic E-state index is 12.1. The molecule has 1 heterocycles. The van der Waals surface area contributed by atoms with Crippen LogP contribution in [0.5, 0.6) is 0 Å². The van der Waals surface area contributed by atoms with E-state index in [-0.39, 0.29) is 5.78 Å². The van der Waals surface area contributed by atoms with Crippen LogP contribution in [0.4, 0.5) is 0 Å². The molecule has 1 aromatic carbocycles. The van der Waals surface area contributed by atoms with Crippen LogP contribution in [-0.4, -0.2) is 29.3 Å². The minimum Gasteiger partial charge on any atom is -0.293 e. The SMILES string of the molecule is CCc1ccc(C(=O)CN(C)Cc2cscn2)cc1. The first kappa shape index (κ1) is 13.9. The molecule has 100 valence electrons. The zero-order valence-electron chi connectivity index (χ0n) is 11.3. The van der Waals surface area contributed by atoms with Gasteiger partial charge >= 0.3 is 0 Å². The van der Waals surface area contributed by atoms with Gasteiger partial charge in [0.15, 0.2) is 5.78 Å². The molecule has 0 radical (unpaired) electrons. The summed E-state index contributed by atoms with van der Waals surface area (Å²) < 4.78 is 0. The molecule has 1 aromatic heterocycles. The van der Waals surface area contributed by atoms with Crippen molar-refractivity contribution in [3.63, 3.8) is 0 Å². The lowest BCUT2D eigenvalue weighted by molar-refractivity contribution is 0.0942. The molecule has 0 unspecified atom stereocenters. The van der Waals surface area contributed by atoms with E-state index in [2.05, 4.69) is 11.9 Å². The first-order valence-electron chi connectivity index (χ1n) is 6.36. The number of thiazole rings is 1. The van der Waals surface area contributed by atoms with Crippen molar-refractivity contribution in [2.75, 3.05) is 13.6 Å². The Morgan fingerprint density at radius 2 is 2.05 bits per heavy atom. The maximum Gasteiger partial charge on any atom is 0.176 e. The Bertz CT molecular complexity index is 520. The van der Waals surface area contributed by atoms with Gasteiger partial charge in [-0.05, 0) is 19.0 Å². The average molecular weight is 274 g/mol. The second-order valence-corrected chi connectivity index (χ2v) is 5.34. The van der Waals surface area contributed by atoms with Gasteiger partial charge in [0, 0.05) is 17.5 Å². The van der Waals surface area contributed by atoms with Crippen LogP contribution in [0, 0.1) is 0 Å². The minimum atomic E-state index is 0.153. The highest BCUT2D eigenvalue weighted by Crippen LogP contribution is 2.08. The number of hydrogen-bond donors (Lipinski definition) is 0. The molecule has 4 heteroatoms. The summed E-state index contributed by atoms with van der Waals surface area (Å²) in [5, 5.41) is 2.01. The highest BCUT2D eigenvalue weighted by atomic mass is 32.1. The van der Waals surface area contributed by atoms with Crippen LogP contribution in [0.1, 0.15) is 28.5 Å². The number of rotatable bonds is 6. The summed E-state index contributed by atoms with van der Waals surface area (Å²) in [7, 11) is 1.94. The molecule has 0 spiro atoms. The molecule has 0 saturated heterocycles. The number of hydrogen-bond acceptors (Lipinski definition) is 4. The summed E-state index contributed by atoms with van der Waals surface area (Å²) in [6, 6.07) is 7.87. The molecular formula is C15H18N2OS. The van der Waals surface area contributed by atoms with Gasteiger partial charge in [-0.3, -0.25) is 9.69 Å². The Labute approximate surface area is 117 Å². The molecule has 0 aliphatic heterocycles. The fourth-order valence-electron chi connectivity index (χ4n) is 1.91. The third-order valence-electron chi connectivity index (χ3n) is 3.01. The van der Waals surface area contributed by atoms with Crippen molar-refractivity contribution in [1.82, 2.24) is 9.88 Å². The third-order valence-corrected chi connectivity index (χ3v) is 3.65. The van der Waals surface area contributed by atoms with E-state index in [0.29, 0.717) is 13.1 Å². The van der Waals surface area contributed by atoms with Crippen LogP contribution in [0.3, 0.4) is 0 Å². The lowest BCUT2D eigenvalue weighted by Gasteiger charge is -2.14. The van der Waals surface area contributed by atoms with Gasteiger partial charge in [0.1, 0.15) is 0 Å². The van der Waals surface area contributed by atoms with Gasteiger partial charge < -0.3 is 0 Å². The van der Waals surface area contributed by atoms with Crippen LogP contribution in [0.2, 0.25) is 0 Å². The predicted molar refractivity (Wildman–Crippen MR) is 78.6 cm³/mol. The number of carbonyl (C=O) groups is 1. The number of benzene rings is 1. The van der Waals surface area contributed by atoms with Gasteiger partial charge in [0.2, 0.25) is 0 Å². The molecule has 2 rings (SSSR count). The molecular weight excluding hydrogens is 256 g/mol. The summed E-state index contributed by atoms with van der Waals surface area (Å²) in [6.45, 7) is 3.24. The van der Waals surface area contributed by atoms with E-state index in [9.17, 15) is 4.79 Å². The van der Waals surface area contributed by atoms with E-state index in [4.69, 9.17) is 0 Å². The summed E-state index contributed by atoms with van der Waals surface area (Å²) in [5.74, 6) is 0.153. The first-order valence-corrected chi connectivity index (χ1v) is 7.31. The monoisotopic (exact) mass is 274 g/mol. The Hall–Kier alpha value is -1.52. The van der Waals surface area contributed by atoms with Crippen LogP contribution >= 0.6 is 11.3 Å². The molecule has 0 fully saturated rings. The number of ketones is 1. The van der Waals surface area contributed by atoms with Crippen molar-refractivity contribution in [3.05, 3.63) is 52.0 Å². The van der Waals surface area contributed by atoms with Crippen molar-refractivity contribution < 1.29 is 4.79 Å². The summed E-state index contributed by atoms with van der Waals surface area (Å²) in [6.07, 6.45) is 0.998. The smallest absolute Gasteiger partial charge is 0.176 e. The number of aryl methyl sites for hydroxylation is 1. The Morgan fingerprint density at radius 1 is 1.32 bits per heavy atom. The minimum absolute atomic E-state index is 0.153.